The van der Waals surface area contributed by atoms with Crippen LogP contribution < -0.4 is 0 Å². The standard InChI is InChI=1S/C16H19NO3/c18-15-7-2-1-3-10-17(15)12-14-6-4-5-13(11-14)8-9-16(19)20/h4-6,8-9,11H,1-3,7,10,12H2,(H,19,20). The van der Waals surface area contributed by atoms with Crippen LogP contribution in [-0.2, 0) is 16.1 Å². The molecule has 4 heteroatoms. The monoisotopic (exact) mass is 273 g/mol. The summed E-state index contributed by atoms with van der Waals surface area (Å²) in [6.45, 7) is 1.42. The molecular weight excluding hydrogens is 254 g/mol. The molecule has 1 aromatic rings. The van der Waals surface area contributed by atoms with Crippen LogP contribution in [0.25, 0.3) is 6.08 Å². The van der Waals surface area contributed by atoms with Gasteiger partial charge in [-0.3, -0.25) is 4.79 Å². The van der Waals surface area contributed by atoms with Crippen LogP contribution in [0.4, 0.5) is 0 Å². The van der Waals surface area contributed by atoms with Gasteiger partial charge in [-0.05, 0) is 36.1 Å². The van der Waals surface area contributed by atoms with E-state index < -0.39 is 5.97 Å². The second-order valence-electron chi connectivity index (χ2n) is 5.04. The minimum Gasteiger partial charge on any atom is -0.478 e. The van der Waals surface area contributed by atoms with Gasteiger partial charge in [0, 0.05) is 25.6 Å². The first-order valence-electron chi connectivity index (χ1n) is 6.93. The number of nitrogens with zero attached hydrogens (tertiary/aromatic N) is 1. The Balaban J connectivity index is 2.06. The molecule has 1 saturated heterocycles. The molecule has 0 bridgehead atoms. The average Bonchev–Trinajstić information content (AvgIpc) is 2.62. The lowest BCUT2D eigenvalue weighted by atomic mass is 10.1. The van der Waals surface area contributed by atoms with Crippen molar-refractivity contribution in [3.8, 4) is 0 Å². The maximum absolute atomic E-state index is 12.0. The Bertz CT molecular complexity index is 522. The highest BCUT2D eigenvalue weighted by Crippen LogP contribution is 2.15. The first-order valence-corrected chi connectivity index (χ1v) is 6.93. The number of aliphatic carboxylic acids is 1. The van der Waals surface area contributed by atoms with E-state index in [4.69, 9.17) is 5.11 Å². The lowest BCUT2D eigenvalue weighted by Gasteiger charge is -2.20. The van der Waals surface area contributed by atoms with Gasteiger partial charge in [0.1, 0.15) is 0 Å². The van der Waals surface area contributed by atoms with Gasteiger partial charge in [0.25, 0.3) is 0 Å². The number of carbonyl (C=O) groups excluding carboxylic acids is 1. The molecule has 1 aliphatic rings. The minimum absolute atomic E-state index is 0.217. The number of carbonyl (C=O) groups is 2. The van der Waals surface area contributed by atoms with Crippen LogP contribution in [0.2, 0.25) is 0 Å². The number of hydrogen-bond donors (Lipinski definition) is 1. The first kappa shape index (κ1) is 14.3. The number of rotatable bonds is 4. The van der Waals surface area contributed by atoms with Gasteiger partial charge in [0.15, 0.2) is 0 Å². The highest BCUT2D eigenvalue weighted by atomic mass is 16.4. The van der Waals surface area contributed by atoms with Crippen molar-refractivity contribution in [2.24, 2.45) is 0 Å². The molecule has 0 radical (unpaired) electrons. The van der Waals surface area contributed by atoms with Crippen molar-refractivity contribution in [2.75, 3.05) is 6.54 Å². The zero-order valence-corrected chi connectivity index (χ0v) is 11.4. The second kappa shape index (κ2) is 6.89. The fraction of sp³-hybridized carbons (Fsp3) is 0.375. The molecule has 1 aliphatic heterocycles. The third-order valence-electron chi connectivity index (χ3n) is 3.41. The molecule has 0 aliphatic carbocycles. The molecular formula is C16H19NO3. The average molecular weight is 273 g/mol. The van der Waals surface area contributed by atoms with E-state index in [2.05, 4.69) is 0 Å². The number of carboxylic acid groups (broad SMARTS) is 1. The van der Waals surface area contributed by atoms with Crippen LogP contribution >= 0.6 is 0 Å². The molecule has 106 valence electrons. The fourth-order valence-electron chi connectivity index (χ4n) is 2.39. The van der Waals surface area contributed by atoms with Crippen molar-refractivity contribution < 1.29 is 14.7 Å². The topological polar surface area (TPSA) is 57.6 Å². The SMILES string of the molecule is O=C(O)C=Cc1cccc(CN2CCCCCC2=O)c1. The molecule has 4 nitrogen and oxygen atoms in total. The van der Waals surface area contributed by atoms with Crippen LogP contribution in [0.15, 0.2) is 30.3 Å². The Hall–Kier alpha value is -2.10. The van der Waals surface area contributed by atoms with Crippen molar-refractivity contribution in [3.63, 3.8) is 0 Å². The molecule has 0 spiro atoms. The number of carboxylic acids is 1. The molecule has 1 fully saturated rings. The summed E-state index contributed by atoms with van der Waals surface area (Å²) < 4.78 is 0. The van der Waals surface area contributed by atoms with Gasteiger partial charge < -0.3 is 10.0 Å². The summed E-state index contributed by atoms with van der Waals surface area (Å²) in [5.41, 5.74) is 1.87. The van der Waals surface area contributed by atoms with Crippen molar-refractivity contribution in [1.29, 1.82) is 0 Å². The summed E-state index contributed by atoms with van der Waals surface area (Å²) in [4.78, 5) is 24.4. The quantitative estimate of drug-likeness (QED) is 0.858. The maximum atomic E-state index is 12.0. The Labute approximate surface area is 118 Å². The molecule has 0 saturated carbocycles. The zero-order valence-electron chi connectivity index (χ0n) is 11.4. The molecule has 1 N–H and O–H groups in total. The summed E-state index contributed by atoms with van der Waals surface area (Å²) >= 11 is 0. The molecule has 1 aromatic carbocycles. The molecule has 2 rings (SSSR count). The van der Waals surface area contributed by atoms with Gasteiger partial charge >= 0.3 is 5.97 Å². The van der Waals surface area contributed by atoms with E-state index in [1.165, 1.54) is 0 Å². The predicted octanol–water partition coefficient (Wildman–Crippen LogP) is 2.69. The van der Waals surface area contributed by atoms with Crippen molar-refractivity contribution in [1.82, 2.24) is 4.90 Å². The van der Waals surface area contributed by atoms with E-state index in [0.29, 0.717) is 13.0 Å². The van der Waals surface area contributed by atoms with Crippen LogP contribution in [0.5, 0.6) is 0 Å². The Kier molecular flexibility index (Phi) is 4.93. The van der Waals surface area contributed by atoms with E-state index in [1.807, 2.05) is 29.2 Å². The molecule has 0 unspecified atom stereocenters. The number of amides is 1. The van der Waals surface area contributed by atoms with Gasteiger partial charge in [-0.25, -0.2) is 4.79 Å². The molecule has 0 aromatic heterocycles. The third-order valence-corrected chi connectivity index (χ3v) is 3.41. The van der Waals surface area contributed by atoms with E-state index in [9.17, 15) is 9.59 Å². The van der Waals surface area contributed by atoms with Gasteiger partial charge in [-0.1, -0.05) is 24.6 Å². The summed E-state index contributed by atoms with van der Waals surface area (Å²) in [6.07, 6.45) is 6.48. The van der Waals surface area contributed by atoms with Crippen molar-refractivity contribution >= 4 is 18.0 Å². The van der Waals surface area contributed by atoms with Crippen LogP contribution in [-0.4, -0.2) is 28.4 Å². The number of likely N-dealkylation sites (tertiary alicyclic amines) is 1. The predicted molar refractivity (Wildman–Crippen MR) is 77.0 cm³/mol. The van der Waals surface area contributed by atoms with Crippen LogP contribution in [0.3, 0.4) is 0 Å². The maximum Gasteiger partial charge on any atom is 0.328 e. The summed E-state index contributed by atoms with van der Waals surface area (Å²) in [5.74, 6) is -0.743. The second-order valence-corrected chi connectivity index (χ2v) is 5.04. The number of benzene rings is 1. The summed E-state index contributed by atoms with van der Waals surface area (Å²) in [5, 5.41) is 8.63. The molecule has 20 heavy (non-hydrogen) atoms. The Morgan fingerprint density at radius 3 is 2.95 bits per heavy atom. The Morgan fingerprint density at radius 1 is 1.30 bits per heavy atom. The van der Waals surface area contributed by atoms with E-state index in [-0.39, 0.29) is 5.91 Å². The van der Waals surface area contributed by atoms with Crippen molar-refractivity contribution in [2.45, 2.75) is 32.2 Å². The molecule has 1 heterocycles. The zero-order chi connectivity index (χ0) is 14.4. The summed E-state index contributed by atoms with van der Waals surface area (Å²) in [6, 6.07) is 7.64. The Morgan fingerprint density at radius 2 is 2.15 bits per heavy atom. The third kappa shape index (κ3) is 4.23. The van der Waals surface area contributed by atoms with Gasteiger partial charge in [0.2, 0.25) is 5.91 Å². The van der Waals surface area contributed by atoms with Crippen LogP contribution in [0, 0.1) is 0 Å². The first-order chi connectivity index (χ1) is 9.65. The lowest BCUT2D eigenvalue weighted by Crippen LogP contribution is -2.29. The van der Waals surface area contributed by atoms with Gasteiger partial charge in [0.05, 0.1) is 0 Å². The highest BCUT2D eigenvalue weighted by molar-refractivity contribution is 5.85. The van der Waals surface area contributed by atoms with E-state index in [1.54, 1.807) is 6.08 Å². The lowest BCUT2D eigenvalue weighted by molar-refractivity contribution is -0.132. The molecule has 1 amide bonds. The van der Waals surface area contributed by atoms with Crippen molar-refractivity contribution in [3.05, 3.63) is 41.5 Å². The number of hydrogen-bond acceptors (Lipinski definition) is 2. The fourth-order valence-corrected chi connectivity index (χ4v) is 2.39. The highest BCUT2D eigenvalue weighted by Gasteiger charge is 2.16. The smallest absolute Gasteiger partial charge is 0.328 e. The normalized spacial score (nSPS) is 16.4. The molecule has 0 atom stereocenters. The van der Waals surface area contributed by atoms with Crippen LogP contribution in [0.1, 0.15) is 36.8 Å². The minimum atomic E-state index is -0.960. The van der Waals surface area contributed by atoms with Gasteiger partial charge in [-0.15, -0.1) is 0 Å². The van der Waals surface area contributed by atoms with E-state index in [0.717, 1.165) is 43.0 Å². The summed E-state index contributed by atoms with van der Waals surface area (Å²) in [7, 11) is 0. The van der Waals surface area contributed by atoms with E-state index >= 15 is 0 Å². The largest absolute Gasteiger partial charge is 0.478 e. The van der Waals surface area contributed by atoms with Gasteiger partial charge in [-0.2, -0.15) is 0 Å².